The Labute approximate surface area is 174 Å². The molecule has 0 aliphatic heterocycles. The van der Waals surface area contributed by atoms with E-state index in [1.54, 1.807) is 24.3 Å². The molecule has 4 rings (SSSR count). The Morgan fingerprint density at radius 2 is 1.40 bits per heavy atom. The van der Waals surface area contributed by atoms with Gasteiger partial charge in [0.05, 0.1) is 0 Å². The standard InChI is InChI=1S/C26H19FO3/c27-22-13-11-20(12-14-22)23-15-21(19-9-5-2-6-10-19)16-24(25(23)26(28)29)30-17-18-7-3-1-4-8-18/h1-16H,17H2,(H,28,29). The molecule has 0 heterocycles. The normalized spacial score (nSPS) is 10.6. The van der Waals surface area contributed by atoms with Gasteiger partial charge in [-0.15, -0.1) is 0 Å². The summed E-state index contributed by atoms with van der Waals surface area (Å²) >= 11 is 0. The molecule has 0 amide bonds. The summed E-state index contributed by atoms with van der Waals surface area (Å²) in [7, 11) is 0. The predicted octanol–water partition coefficient (Wildman–Crippen LogP) is 6.44. The van der Waals surface area contributed by atoms with Crippen LogP contribution >= 0.6 is 0 Å². The van der Waals surface area contributed by atoms with Crippen LogP contribution in [0.1, 0.15) is 15.9 Å². The van der Waals surface area contributed by atoms with E-state index in [-0.39, 0.29) is 23.7 Å². The molecule has 0 saturated heterocycles. The fourth-order valence-electron chi connectivity index (χ4n) is 3.34. The molecular formula is C26H19FO3. The molecule has 0 atom stereocenters. The van der Waals surface area contributed by atoms with Crippen LogP contribution in [-0.2, 0) is 6.61 Å². The maximum atomic E-state index is 13.5. The molecule has 148 valence electrons. The summed E-state index contributed by atoms with van der Waals surface area (Å²) in [4.78, 5) is 12.2. The van der Waals surface area contributed by atoms with Crippen LogP contribution in [0, 0.1) is 5.82 Å². The van der Waals surface area contributed by atoms with Crippen molar-refractivity contribution in [3.8, 4) is 28.0 Å². The van der Waals surface area contributed by atoms with E-state index in [9.17, 15) is 14.3 Å². The molecule has 0 fully saturated rings. The van der Waals surface area contributed by atoms with Crippen LogP contribution in [0.5, 0.6) is 5.75 Å². The van der Waals surface area contributed by atoms with E-state index in [0.29, 0.717) is 11.1 Å². The van der Waals surface area contributed by atoms with E-state index < -0.39 is 5.97 Å². The third kappa shape index (κ3) is 4.23. The smallest absolute Gasteiger partial charge is 0.340 e. The Balaban J connectivity index is 1.86. The molecule has 0 aliphatic carbocycles. The molecular weight excluding hydrogens is 379 g/mol. The Bertz CT molecular complexity index is 1150. The van der Waals surface area contributed by atoms with Crippen molar-refractivity contribution < 1.29 is 19.0 Å². The van der Waals surface area contributed by atoms with Gasteiger partial charge in [-0.25, -0.2) is 9.18 Å². The van der Waals surface area contributed by atoms with E-state index in [1.807, 2.05) is 60.7 Å². The highest BCUT2D eigenvalue weighted by atomic mass is 19.1. The van der Waals surface area contributed by atoms with Gasteiger partial charge in [0.15, 0.2) is 0 Å². The molecule has 30 heavy (non-hydrogen) atoms. The van der Waals surface area contributed by atoms with Gasteiger partial charge in [0.25, 0.3) is 0 Å². The fraction of sp³-hybridized carbons (Fsp3) is 0.0385. The summed E-state index contributed by atoms with van der Waals surface area (Å²) in [6.45, 7) is 0.238. The molecule has 0 radical (unpaired) electrons. The van der Waals surface area contributed by atoms with Gasteiger partial charge in [-0.3, -0.25) is 0 Å². The zero-order valence-electron chi connectivity index (χ0n) is 16.1. The van der Waals surface area contributed by atoms with Gasteiger partial charge < -0.3 is 9.84 Å². The van der Waals surface area contributed by atoms with Crippen LogP contribution in [0.3, 0.4) is 0 Å². The average Bonchev–Trinajstić information content (AvgIpc) is 2.78. The second kappa shape index (κ2) is 8.62. The van der Waals surface area contributed by atoms with Crippen molar-refractivity contribution in [2.45, 2.75) is 6.61 Å². The zero-order valence-corrected chi connectivity index (χ0v) is 16.1. The maximum Gasteiger partial charge on any atom is 0.340 e. The van der Waals surface area contributed by atoms with Crippen molar-refractivity contribution in [1.29, 1.82) is 0 Å². The molecule has 3 nitrogen and oxygen atoms in total. The monoisotopic (exact) mass is 398 g/mol. The van der Waals surface area contributed by atoms with Crippen LogP contribution in [0.4, 0.5) is 4.39 Å². The minimum atomic E-state index is -1.10. The van der Waals surface area contributed by atoms with Gasteiger partial charge in [0.2, 0.25) is 0 Å². The highest BCUT2D eigenvalue weighted by Gasteiger charge is 2.20. The largest absolute Gasteiger partial charge is 0.488 e. The first-order chi connectivity index (χ1) is 14.6. The zero-order chi connectivity index (χ0) is 20.9. The quantitative estimate of drug-likeness (QED) is 0.407. The molecule has 4 aromatic rings. The SMILES string of the molecule is O=C(O)c1c(OCc2ccccc2)cc(-c2ccccc2)cc1-c1ccc(F)cc1. The van der Waals surface area contributed by atoms with Crippen molar-refractivity contribution in [2.75, 3.05) is 0 Å². The molecule has 0 unspecified atom stereocenters. The first-order valence-corrected chi connectivity index (χ1v) is 9.51. The average molecular weight is 398 g/mol. The highest BCUT2D eigenvalue weighted by Crippen LogP contribution is 2.37. The van der Waals surface area contributed by atoms with Crippen molar-refractivity contribution >= 4 is 5.97 Å². The molecule has 4 heteroatoms. The first-order valence-electron chi connectivity index (χ1n) is 9.51. The summed E-state index contributed by atoms with van der Waals surface area (Å²) in [5.74, 6) is -1.21. The molecule has 0 spiro atoms. The molecule has 0 saturated carbocycles. The number of hydrogen-bond donors (Lipinski definition) is 1. The number of carbonyl (C=O) groups is 1. The third-order valence-electron chi connectivity index (χ3n) is 4.82. The number of hydrogen-bond acceptors (Lipinski definition) is 2. The Morgan fingerprint density at radius 3 is 2.03 bits per heavy atom. The predicted molar refractivity (Wildman–Crippen MR) is 115 cm³/mol. The van der Waals surface area contributed by atoms with Gasteiger partial charge in [-0.05, 0) is 46.5 Å². The highest BCUT2D eigenvalue weighted by molar-refractivity contribution is 6.00. The van der Waals surface area contributed by atoms with Crippen LogP contribution in [0.2, 0.25) is 0 Å². The minimum absolute atomic E-state index is 0.0530. The van der Waals surface area contributed by atoms with Crippen LogP contribution in [0.25, 0.3) is 22.3 Å². The van der Waals surface area contributed by atoms with Gasteiger partial charge in [-0.2, -0.15) is 0 Å². The Hall–Kier alpha value is -3.92. The molecule has 4 aromatic carbocycles. The van der Waals surface area contributed by atoms with Crippen molar-refractivity contribution in [2.24, 2.45) is 0 Å². The van der Waals surface area contributed by atoms with Crippen LogP contribution in [-0.4, -0.2) is 11.1 Å². The third-order valence-corrected chi connectivity index (χ3v) is 4.82. The van der Waals surface area contributed by atoms with E-state index in [0.717, 1.165) is 16.7 Å². The number of halogens is 1. The summed E-state index contributed by atoms with van der Waals surface area (Å²) < 4.78 is 19.4. The topological polar surface area (TPSA) is 46.5 Å². The number of ether oxygens (including phenoxy) is 1. The van der Waals surface area contributed by atoms with Crippen LogP contribution in [0.15, 0.2) is 97.1 Å². The van der Waals surface area contributed by atoms with E-state index in [4.69, 9.17) is 4.74 Å². The number of rotatable bonds is 6. The van der Waals surface area contributed by atoms with E-state index in [1.165, 1.54) is 12.1 Å². The van der Waals surface area contributed by atoms with Gasteiger partial charge in [0.1, 0.15) is 23.7 Å². The fourth-order valence-corrected chi connectivity index (χ4v) is 3.34. The van der Waals surface area contributed by atoms with Gasteiger partial charge >= 0.3 is 5.97 Å². The van der Waals surface area contributed by atoms with Gasteiger partial charge in [-0.1, -0.05) is 72.8 Å². The lowest BCUT2D eigenvalue weighted by atomic mass is 9.93. The number of benzene rings is 4. The lowest BCUT2D eigenvalue weighted by molar-refractivity contribution is 0.0692. The number of carboxylic acids is 1. The van der Waals surface area contributed by atoms with E-state index >= 15 is 0 Å². The number of carboxylic acid groups (broad SMARTS) is 1. The minimum Gasteiger partial charge on any atom is -0.488 e. The number of aromatic carboxylic acids is 1. The maximum absolute atomic E-state index is 13.5. The Kier molecular flexibility index (Phi) is 5.57. The van der Waals surface area contributed by atoms with Crippen molar-refractivity contribution in [1.82, 2.24) is 0 Å². The van der Waals surface area contributed by atoms with Crippen LogP contribution < -0.4 is 4.74 Å². The van der Waals surface area contributed by atoms with Gasteiger partial charge in [0, 0.05) is 5.56 Å². The molecule has 0 aromatic heterocycles. The molecule has 1 N–H and O–H groups in total. The second-order valence-electron chi connectivity index (χ2n) is 6.85. The summed E-state index contributed by atoms with van der Waals surface area (Å²) in [5, 5.41) is 9.97. The van der Waals surface area contributed by atoms with Crippen molar-refractivity contribution in [3.63, 3.8) is 0 Å². The van der Waals surface area contributed by atoms with Crippen molar-refractivity contribution in [3.05, 3.63) is 114 Å². The lowest BCUT2D eigenvalue weighted by Gasteiger charge is -2.16. The lowest BCUT2D eigenvalue weighted by Crippen LogP contribution is -2.06. The Morgan fingerprint density at radius 1 is 0.767 bits per heavy atom. The summed E-state index contributed by atoms with van der Waals surface area (Å²) in [6, 6.07) is 28.6. The summed E-state index contributed by atoms with van der Waals surface area (Å²) in [5.41, 5.74) is 3.83. The van der Waals surface area contributed by atoms with E-state index in [2.05, 4.69) is 0 Å². The molecule has 0 bridgehead atoms. The summed E-state index contributed by atoms with van der Waals surface area (Å²) in [6.07, 6.45) is 0. The molecule has 0 aliphatic rings. The first kappa shape index (κ1) is 19.4. The second-order valence-corrected chi connectivity index (χ2v) is 6.85.